The molecule has 1 heterocycles. The van der Waals surface area contributed by atoms with E-state index in [1.807, 2.05) is 0 Å². The monoisotopic (exact) mass is 656 g/mol. The van der Waals surface area contributed by atoms with Crippen LogP contribution in [0.4, 0.5) is 10.6 Å². The van der Waals surface area contributed by atoms with Crippen molar-refractivity contribution in [2.24, 2.45) is 0 Å². The number of hydrogen-bond acceptors (Lipinski definition) is 8. The topological polar surface area (TPSA) is 140 Å². The largest absolute Gasteiger partial charge is 0.478 e. The van der Waals surface area contributed by atoms with Crippen LogP contribution >= 0.6 is 23.2 Å². The molecule has 0 saturated carbocycles. The molecule has 3 aromatic rings. The highest BCUT2D eigenvalue weighted by atomic mass is 35.5. The van der Waals surface area contributed by atoms with Gasteiger partial charge in [0.1, 0.15) is 17.4 Å². The molecular weight excluding hydrogens is 623 g/mol. The maximum absolute atomic E-state index is 13.8. The Hall–Kier alpha value is -3.10. The Morgan fingerprint density at radius 1 is 1.12 bits per heavy atom. The molecule has 228 valence electrons. The van der Waals surface area contributed by atoms with Crippen LogP contribution in [0.3, 0.4) is 0 Å². The Kier molecular flexibility index (Phi) is 10.7. The molecule has 11 nitrogen and oxygen atoms in total. The molecule has 42 heavy (non-hydrogen) atoms. The van der Waals surface area contributed by atoms with Crippen molar-refractivity contribution in [3.05, 3.63) is 64.3 Å². The van der Waals surface area contributed by atoms with Crippen LogP contribution in [0.25, 0.3) is 0 Å². The molecule has 0 saturated heterocycles. The van der Waals surface area contributed by atoms with Gasteiger partial charge >= 0.3 is 6.09 Å². The summed E-state index contributed by atoms with van der Waals surface area (Å²) in [7, 11) is -4.45. The number of nitrogens with zero attached hydrogens (tertiary/aromatic N) is 3. The highest BCUT2D eigenvalue weighted by molar-refractivity contribution is 7.93. The summed E-state index contributed by atoms with van der Waals surface area (Å²) in [5, 5.41) is 11.5. The zero-order chi connectivity index (χ0) is 31.3. The quantitative estimate of drug-likeness (QED) is 0.118. The number of rotatable bonds is 13. The first kappa shape index (κ1) is 33.4. The van der Waals surface area contributed by atoms with E-state index in [9.17, 15) is 13.2 Å². The fourth-order valence-electron chi connectivity index (χ4n) is 3.68. The molecule has 0 fully saturated rings. The molecule has 0 radical (unpaired) electrons. The Labute approximate surface area is 256 Å². The molecule has 2 N–H and O–H groups in total. The van der Waals surface area contributed by atoms with Crippen LogP contribution in [-0.4, -0.2) is 58.1 Å². The van der Waals surface area contributed by atoms with Gasteiger partial charge in [0.05, 0.1) is 28.9 Å². The number of halogens is 2. The number of amides is 1. The van der Waals surface area contributed by atoms with E-state index in [2.05, 4.69) is 34.9 Å². The maximum atomic E-state index is 13.8. The summed E-state index contributed by atoms with van der Waals surface area (Å²) in [5.74, 6) is 0.153. The summed E-state index contributed by atoms with van der Waals surface area (Å²) in [4.78, 5) is 19.5. The Morgan fingerprint density at radius 3 is 2.38 bits per heavy atom. The molecule has 0 unspecified atom stereocenters. The third-order valence-electron chi connectivity index (χ3n) is 6.04. The first-order valence-electron chi connectivity index (χ1n) is 12.8. The third-order valence-corrected chi connectivity index (χ3v) is 10.4. The summed E-state index contributed by atoms with van der Waals surface area (Å²) >= 11 is 12.4. The van der Waals surface area contributed by atoms with Gasteiger partial charge in [0, 0.05) is 14.7 Å². The average Bonchev–Trinajstić information content (AvgIpc) is 2.89. The number of carboxylic acid groups (broad SMARTS) is 1. The lowest BCUT2D eigenvalue weighted by molar-refractivity contribution is 0.155. The Bertz CT molecular complexity index is 1520. The number of sulfonamides is 1. The van der Waals surface area contributed by atoms with E-state index in [-0.39, 0.29) is 39.2 Å². The van der Waals surface area contributed by atoms with Gasteiger partial charge in [0.15, 0.2) is 0 Å². The number of aromatic nitrogens is 2. The van der Waals surface area contributed by atoms with E-state index in [0.717, 1.165) is 10.3 Å². The lowest BCUT2D eigenvalue weighted by Crippen LogP contribution is -2.39. The normalized spacial score (nSPS) is 12.1. The molecule has 3 rings (SSSR count). The van der Waals surface area contributed by atoms with E-state index in [0.29, 0.717) is 17.9 Å². The van der Waals surface area contributed by atoms with Crippen molar-refractivity contribution in [1.82, 2.24) is 15.3 Å². The molecule has 0 aliphatic rings. The third kappa shape index (κ3) is 8.48. The van der Waals surface area contributed by atoms with Crippen LogP contribution in [-0.2, 0) is 20.3 Å². The molecule has 0 spiro atoms. The molecule has 0 bridgehead atoms. The predicted octanol–water partition coefficient (Wildman–Crippen LogP) is 6.59. The number of nitrogens with one attached hydrogen (secondary N) is 1. The van der Waals surface area contributed by atoms with Crippen molar-refractivity contribution in [1.29, 1.82) is 0 Å². The van der Waals surface area contributed by atoms with Crippen LogP contribution in [0.1, 0.15) is 19.4 Å². The molecule has 2 aromatic carbocycles. The van der Waals surface area contributed by atoms with Crippen molar-refractivity contribution in [2.75, 3.05) is 24.8 Å². The number of anilines is 1. The second kappa shape index (κ2) is 13.5. The number of methoxy groups -OCH3 is 1. The Morgan fingerprint density at radius 2 is 1.79 bits per heavy atom. The average molecular weight is 658 g/mol. The number of benzene rings is 2. The molecule has 0 atom stereocenters. The smallest absolute Gasteiger partial charge is 0.405 e. The van der Waals surface area contributed by atoms with Crippen molar-refractivity contribution >= 4 is 53.2 Å². The van der Waals surface area contributed by atoms with E-state index in [1.165, 1.54) is 31.5 Å². The van der Waals surface area contributed by atoms with E-state index in [1.54, 1.807) is 38.1 Å². The number of ether oxygens (including phenoxy) is 3. The van der Waals surface area contributed by atoms with Crippen molar-refractivity contribution in [2.45, 2.75) is 50.0 Å². The van der Waals surface area contributed by atoms with Crippen LogP contribution < -0.4 is 19.1 Å². The molecule has 1 amide bonds. The summed E-state index contributed by atoms with van der Waals surface area (Å²) in [5.41, 5.74) is -0.113. The molecular formula is C27H34Cl2N4O7SSi. The number of carbonyl (C=O) groups is 1. The van der Waals surface area contributed by atoms with Crippen molar-refractivity contribution < 1.29 is 32.5 Å². The lowest BCUT2D eigenvalue weighted by atomic mass is 9.94. The second-order valence-electron chi connectivity index (χ2n) is 11.0. The highest BCUT2D eigenvalue weighted by Crippen LogP contribution is 2.36. The fourth-order valence-corrected chi connectivity index (χ4v) is 6.48. The molecule has 1 aromatic heterocycles. The van der Waals surface area contributed by atoms with E-state index >= 15 is 0 Å². The van der Waals surface area contributed by atoms with Gasteiger partial charge in [-0.05, 0) is 49.7 Å². The van der Waals surface area contributed by atoms with Crippen LogP contribution in [0.15, 0.2) is 53.6 Å². The first-order valence-corrected chi connectivity index (χ1v) is 18.7. The van der Waals surface area contributed by atoms with Gasteiger partial charge in [-0.25, -0.2) is 22.5 Å². The highest BCUT2D eigenvalue weighted by Gasteiger charge is 2.32. The summed E-state index contributed by atoms with van der Waals surface area (Å²) < 4.78 is 45.6. The van der Waals surface area contributed by atoms with Gasteiger partial charge in [0.25, 0.3) is 15.9 Å². The summed E-state index contributed by atoms with van der Waals surface area (Å²) in [6, 6.07) is 11.8. The SMILES string of the molecule is COc1nc(Oc2ccc(C(C)(C)NC(=O)O)cc2)cnc1N(COCC[Si](C)(C)C)S(=O)(=O)c1cccc(Cl)c1Cl. The van der Waals surface area contributed by atoms with Crippen LogP contribution in [0.2, 0.25) is 35.7 Å². The van der Waals surface area contributed by atoms with Gasteiger partial charge in [-0.15, -0.1) is 0 Å². The van der Waals surface area contributed by atoms with Gasteiger partial charge in [-0.1, -0.05) is 61.0 Å². The van der Waals surface area contributed by atoms with Crippen LogP contribution in [0.5, 0.6) is 17.5 Å². The molecule has 0 aliphatic heterocycles. The summed E-state index contributed by atoms with van der Waals surface area (Å²) in [6.45, 7) is 10.00. The van der Waals surface area contributed by atoms with E-state index < -0.39 is 29.7 Å². The van der Waals surface area contributed by atoms with E-state index in [4.69, 9.17) is 42.5 Å². The minimum absolute atomic E-state index is 0.0315. The second-order valence-corrected chi connectivity index (χ2v) is 19.2. The van der Waals surface area contributed by atoms with Gasteiger partial charge < -0.3 is 24.6 Å². The molecule has 15 heteroatoms. The van der Waals surface area contributed by atoms with Gasteiger partial charge in [-0.2, -0.15) is 4.98 Å². The minimum Gasteiger partial charge on any atom is -0.478 e. The Balaban J connectivity index is 1.94. The summed E-state index contributed by atoms with van der Waals surface area (Å²) in [6.07, 6.45) is 0.115. The predicted molar refractivity (Wildman–Crippen MR) is 164 cm³/mol. The lowest BCUT2D eigenvalue weighted by Gasteiger charge is -2.26. The zero-order valence-corrected chi connectivity index (χ0v) is 27.5. The minimum atomic E-state index is -4.32. The van der Waals surface area contributed by atoms with Gasteiger partial charge in [-0.3, -0.25) is 0 Å². The molecule has 0 aliphatic carbocycles. The number of hydrogen-bond donors (Lipinski definition) is 2. The fraction of sp³-hybridized carbons (Fsp3) is 0.370. The maximum Gasteiger partial charge on any atom is 0.405 e. The first-order chi connectivity index (χ1) is 19.5. The van der Waals surface area contributed by atoms with Crippen molar-refractivity contribution in [3.8, 4) is 17.5 Å². The zero-order valence-electron chi connectivity index (χ0n) is 24.1. The van der Waals surface area contributed by atoms with Crippen LogP contribution in [0, 0.1) is 0 Å². The van der Waals surface area contributed by atoms with Crippen molar-refractivity contribution in [3.63, 3.8) is 0 Å². The van der Waals surface area contributed by atoms with Gasteiger partial charge in [0.2, 0.25) is 11.7 Å². The standard InChI is InChI=1S/C27H34Cl2N4O7SSi/c1-27(2,32-26(34)35)18-10-12-19(13-11-18)40-22-16-30-24(25(31-22)38-3)33(17-39-14-15-42(4,5)6)41(36,37)21-9-7-8-20(28)23(21)29/h7-13,16,32H,14-15,17H2,1-6H3,(H,34,35).